The number of hydrogen-bond acceptors (Lipinski definition) is 3. The van der Waals surface area contributed by atoms with Gasteiger partial charge < -0.3 is 5.32 Å². The lowest BCUT2D eigenvalue weighted by Crippen LogP contribution is -2.21. The van der Waals surface area contributed by atoms with Crippen molar-refractivity contribution in [2.24, 2.45) is 0 Å². The van der Waals surface area contributed by atoms with E-state index in [1.54, 1.807) is 11.3 Å². The lowest BCUT2D eigenvalue weighted by atomic mass is 10.1. The fraction of sp³-hybridized carbons (Fsp3) is 0.375. The molecule has 1 N–H and O–H groups in total. The average Bonchev–Trinajstić information content (AvgIpc) is 2.46. The van der Waals surface area contributed by atoms with Crippen LogP contribution in [0.5, 0.6) is 0 Å². The zero-order chi connectivity index (χ0) is 7.68. The molecule has 0 atom stereocenters. The summed E-state index contributed by atoms with van der Waals surface area (Å²) >= 11 is 1.63. The van der Waals surface area contributed by atoms with E-state index in [1.165, 1.54) is 10.4 Å². The molecule has 1 aromatic rings. The molecule has 0 aliphatic carbocycles. The van der Waals surface area contributed by atoms with Crippen molar-refractivity contribution >= 4 is 17.6 Å². The van der Waals surface area contributed by atoms with Crippen molar-refractivity contribution in [3.63, 3.8) is 0 Å². The highest BCUT2D eigenvalue weighted by Crippen LogP contribution is 2.23. The Balaban J connectivity index is 2.39. The number of hydrogen-bond donors (Lipinski definition) is 1. The molecule has 0 bridgehead atoms. The van der Waals surface area contributed by atoms with Gasteiger partial charge in [0.15, 0.2) is 6.29 Å². The molecule has 1 aliphatic rings. The molecular weight excluding hydrogens is 158 g/mol. The van der Waals surface area contributed by atoms with Crippen LogP contribution in [0.1, 0.15) is 20.1 Å². The number of aldehydes is 1. The first-order valence-electron chi connectivity index (χ1n) is 3.67. The normalized spacial score (nSPS) is 16.0. The third kappa shape index (κ3) is 1.21. The van der Waals surface area contributed by atoms with E-state index in [9.17, 15) is 4.79 Å². The van der Waals surface area contributed by atoms with Crippen LogP contribution in [0.4, 0.5) is 0 Å². The molecule has 3 heteroatoms. The Bertz CT molecular complexity index is 256. The van der Waals surface area contributed by atoms with Gasteiger partial charge in [0.1, 0.15) is 0 Å². The molecule has 1 aliphatic heterocycles. The van der Waals surface area contributed by atoms with Gasteiger partial charge in [0.2, 0.25) is 0 Å². The SMILES string of the molecule is O=Cc1cc2c(s1)CCNC2. The third-order valence-corrected chi connectivity index (χ3v) is 3.04. The molecule has 58 valence electrons. The standard InChI is InChI=1S/C8H9NOS/c10-5-7-3-6-4-9-2-1-8(6)11-7/h3,5,9H,1-2,4H2. The lowest BCUT2D eigenvalue weighted by molar-refractivity contribution is 0.112. The Morgan fingerprint density at radius 1 is 1.64 bits per heavy atom. The van der Waals surface area contributed by atoms with Crippen LogP contribution in [0.15, 0.2) is 6.07 Å². The van der Waals surface area contributed by atoms with Crippen molar-refractivity contribution < 1.29 is 4.79 Å². The molecule has 0 saturated heterocycles. The molecule has 0 amide bonds. The van der Waals surface area contributed by atoms with Gasteiger partial charge in [-0.15, -0.1) is 11.3 Å². The van der Waals surface area contributed by atoms with Gasteiger partial charge in [-0.1, -0.05) is 0 Å². The van der Waals surface area contributed by atoms with Crippen LogP contribution in [0.3, 0.4) is 0 Å². The predicted octanol–water partition coefficient (Wildman–Crippen LogP) is 1.21. The van der Waals surface area contributed by atoms with Crippen LogP contribution in [0, 0.1) is 0 Å². The highest BCUT2D eigenvalue weighted by molar-refractivity contribution is 7.13. The summed E-state index contributed by atoms with van der Waals surface area (Å²) in [4.78, 5) is 12.7. The molecule has 0 radical (unpaired) electrons. The van der Waals surface area contributed by atoms with Crippen molar-refractivity contribution in [3.8, 4) is 0 Å². The van der Waals surface area contributed by atoms with Gasteiger partial charge in [-0.2, -0.15) is 0 Å². The summed E-state index contributed by atoms with van der Waals surface area (Å²) in [5, 5.41) is 3.27. The summed E-state index contributed by atoms with van der Waals surface area (Å²) < 4.78 is 0. The Morgan fingerprint density at radius 2 is 2.55 bits per heavy atom. The van der Waals surface area contributed by atoms with Crippen molar-refractivity contribution in [2.75, 3.05) is 6.54 Å². The van der Waals surface area contributed by atoms with Crippen LogP contribution < -0.4 is 5.32 Å². The fourth-order valence-corrected chi connectivity index (χ4v) is 2.33. The second-order valence-electron chi connectivity index (χ2n) is 2.64. The number of carbonyl (C=O) groups excluding carboxylic acids is 1. The summed E-state index contributed by atoms with van der Waals surface area (Å²) in [5.41, 5.74) is 1.31. The van der Waals surface area contributed by atoms with E-state index in [0.717, 1.165) is 30.7 Å². The highest BCUT2D eigenvalue weighted by atomic mass is 32.1. The summed E-state index contributed by atoms with van der Waals surface area (Å²) in [7, 11) is 0. The molecule has 11 heavy (non-hydrogen) atoms. The third-order valence-electron chi connectivity index (χ3n) is 1.88. The minimum absolute atomic E-state index is 0.860. The number of thiophene rings is 1. The van der Waals surface area contributed by atoms with Gasteiger partial charge in [0.05, 0.1) is 4.88 Å². The number of rotatable bonds is 1. The van der Waals surface area contributed by atoms with E-state index in [4.69, 9.17) is 0 Å². The van der Waals surface area contributed by atoms with Gasteiger partial charge in [-0.25, -0.2) is 0 Å². The summed E-state index contributed by atoms with van der Waals surface area (Å²) in [6.45, 7) is 1.98. The van der Waals surface area contributed by atoms with E-state index in [-0.39, 0.29) is 0 Å². The van der Waals surface area contributed by atoms with Crippen molar-refractivity contribution in [1.82, 2.24) is 5.32 Å². The van der Waals surface area contributed by atoms with Crippen LogP contribution >= 0.6 is 11.3 Å². The van der Waals surface area contributed by atoms with Gasteiger partial charge in [-0.3, -0.25) is 4.79 Å². The zero-order valence-electron chi connectivity index (χ0n) is 6.09. The molecule has 2 nitrogen and oxygen atoms in total. The molecule has 0 aromatic carbocycles. The second-order valence-corrected chi connectivity index (χ2v) is 3.81. The average molecular weight is 167 g/mol. The highest BCUT2D eigenvalue weighted by Gasteiger charge is 2.11. The summed E-state index contributed by atoms with van der Waals surface area (Å²) in [6.07, 6.45) is 2.01. The van der Waals surface area contributed by atoms with Crippen molar-refractivity contribution in [1.29, 1.82) is 0 Å². The van der Waals surface area contributed by atoms with Crippen LogP contribution in [-0.2, 0) is 13.0 Å². The largest absolute Gasteiger partial charge is 0.312 e. The van der Waals surface area contributed by atoms with E-state index >= 15 is 0 Å². The molecule has 0 spiro atoms. The van der Waals surface area contributed by atoms with Crippen LogP contribution in [0.25, 0.3) is 0 Å². The Kier molecular flexibility index (Phi) is 1.75. The lowest BCUT2D eigenvalue weighted by Gasteiger charge is -2.10. The second kappa shape index (κ2) is 2.75. The van der Waals surface area contributed by atoms with E-state index < -0.39 is 0 Å². The molecule has 2 rings (SSSR count). The van der Waals surface area contributed by atoms with Gasteiger partial charge in [0, 0.05) is 18.0 Å². The smallest absolute Gasteiger partial charge is 0.160 e. The molecule has 0 saturated carbocycles. The quantitative estimate of drug-likeness (QED) is 0.637. The minimum atomic E-state index is 0.860. The van der Waals surface area contributed by atoms with Crippen molar-refractivity contribution in [2.45, 2.75) is 13.0 Å². The van der Waals surface area contributed by atoms with Crippen LogP contribution in [0.2, 0.25) is 0 Å². The zero-order valence-corrected chi connectivity index (χ0v) is 6.91. The fourth-order valence-electron chi connectivity index (χ4n) is 1.33. The Labute approximate surface area is 69.2 Å². The predicted molar refractivity (Wildman–Crippen MR) is 45.1 cm³/mol. The molecule has 0 fully saturated rings. The van der Waals surface area contributed by atoms with Crippen LogP contribution in [-0.4, -0.2) is 12.8 Å². The monoisotopic (exact) mass is 167 g/mol. The molecule has 0 unspecified atom stereocenters. The maximum atomic E-state index is 10.4. The number of carbonyl (C=O) groups is 1. The Hall–Kier alpha value is -0.670. The van der Waals surface area contributed by atoms with E-state index in [1.807, 2.05) is 6.07 Å². The first-order chi connectivity index (χ1) is 5.40. The van der Waals surface area contributed by atoms with Gasteiger partial charge in [-0.05, 0) is 18.1 Å². The first kappa shape index (κ1) is 7.00. The summed E-state index contributed by atoms with van der Waals surface area (Å²) in [5.74, 6) is 0. The van der Waals surface area contributed by atoms with Gasteiger partial charge >= 0.3 is 0 Å². The maximum absolute atomic E-state index is 10.4. The Morgan fingerprint density at radius 3 is 3.27 bits per heavy atom. The maximum Gasteiger partial charge on any atom is 0.160 e. The summed E-state index contributed by atoms with van der Waals surface area (Å²) in [6, 6.07) is 1.99. The number of nitrogens with one attached hydrogen (secondary N) is 1. The van der Waals surface area contributed by atoms with E-state index in [0.29, 0.717) is 0 Å². The number of fused-ring (bicyclic) bond motifs is 1. The van der Waals surface area contributed by atoms with Crippen molar-refractivity contribution in [3.05, 3.63) is 21.4 Å². The topological polar surface area (TPSA) is 29.1 Å². The minimum Gasteiger partial charge on any atom is -0.312 e. The molecular formula is C8H9NOS. The van der Waals surface area contributed by atoms with Gasteiger partial charge in [0.25, 0.3) is 0 Å². The first-order valence-corrected chi connectivity index (χ1v) is 4.49. The molecule has 2 heterocycles. The molecule has 1 aromatic heterocycles. The van der Waals surface area contributed by atoms with E-state index in [2.05, 4.69) is 5.32 Å².